The first-order valence-electron chi connectivity index (χ1n) is 11.8. The minimum atomic E-state index is -1.79. The fraction of sp³-hybridized carbons (Fsp3) is 0.259. The first-order chi connectivity index (χ1) is 18.5. The number of hydrogen-bond acceptors (Lipinski definition) is 12. The van der Waals surface area contributed by atoms with Gasteiger partial charge in [0, 0.05) is 23.3 Å². The maximum atomic E-state index is 13.4. The summed E-state index contributed by atoms with van der Waals surface area (Å²) in [6.07, 6.45) is -8.16. The maximum absolute atomic E-state index is 13.4. The van der Waals surface area contributed by atoms with E-state index in [1.807, 2.05) is 0 Å². The van der Waals surface area contributed by atoms with E-state index in [2.05, 4.69) is 0 Å². The fourth-order valence-electron chi connectivity index (χ4n) is 4.63. The Morgan fingerprint density at radius 3 is 2.18 bits per heavy atom. The van der Waals surface area contributed by atoms with Crippen LogP contribution >= 0.6 is 0 Å². The van der Waals surface area contributed by atoms with E-state index in [1.54, 1.807) is 6.92 Å². The first-order valence-corrected chi connectivity index (χ1v) is 11.8. The highest BCUT2D eigenvalue weighted by atomic mass is 16.7. The van der Waals surface area contributed by atoms with Crippen molar-refractivity contribution in [2.45, 2.75) is 37.6 Å². The van der Waals surface area contributed by atoms with Crippen LogP contribution in [-0.2, 0) is 4.74 Å². The van der Waals surface area contributed by atoms with Crippen molar-refractivity contribution in [1.29, 1.82) is 0 Å². The Hall–Kier alpha value is -4.36. The molecule has 12 nitrogen and oxygen atoms in total. The number of aliphatic hydroxyl groups excluding tert-OH is 3. The van der Waals surface area contributed by atoms with Gasteiger partial charge in [-0.3, -0.25) is 9.59 Å². The zero-order valence-corrected chi connectivity index (χ0v) is 20.3. The third-order valence-electron chi connectivity index (χ3n) is 6.60. The van der Waals surface area contributed by atoms with Gasteiger partial charge in [0.05, 0.1) is 11.1 Å². The monoisotopic (exact) mass is 540 g/mol. The standard InChI is InChI=1S/C27H24O12/c1-10-5-13-19(14(28)6-10)24(34)20-12(21(13)31)3-2-4-17(20)38-27-26(36)25(35)23(33)18(39-27)9-37-11-7-15(29)22(32)16(30)8-11/h2-8,18,23,25-30,32-33,35-36H,9H2,1H3/t18-,23-,25+,26-,27+/m1/s1. The Labute approximate surface area is 220 Å². The van der Waals surface area contributed by atoms with Gasteiger partial charge in [-0.2, -0.15) is 0 Å². The van der Waals surface area contributed by atoms with Crippen LogP contribution in [0.3, 0.4) is 0 Å². The predicted octanol–water partition coefficient (Wildman–Crippen LogP) is 0.858. The highest BCUT2D eigenvalue weighted by molar-refractivity contribution is 6.30. The molecule has 0 amide bonds. The summed E-state index contributed by atoms with van der Waals surface area (Å²) < 4.78 is 16.8. The van der Waals surface area contributed by atoms with Crippen LogP contribution in [0, 0.1) is 6.92 Å². The highest BCUT2D eigenvalue weighted by Gasteiger charge is 2.46. The van der Waals surface area contributed by atoms with E-state index in [0.717, 1.165) is 12.1 Å². The minimum Gasteiger partial charge on any atom is -0.507 e. The van der Waals surface area contributed by atoms with Gasteiger partial charge < -0.3 is 50.0 Å². The number of carbonyl (C=O) groups is 2. The van der Waals surface area contributed by atoms with Crippen LogP contribution in [0.2, 0.25) is 0 Å². The van der Waals surface area contributed by atoms with E-state index in [-0.39, 0.29) is 39.5 Å². The summed E-state index contributed by atoms with van der Waals surface area (Å²) in [4.78, 5) is 26.5. The van der Waals surface area contributed by atoms with Crippen molar-refractivity contribution in [3.8, 4) is 34.5 Å². The number of aryl methyl sites for hydroxylation is 1. The van der Waals surface area contributed by atoms with Crippen molar-refractivity contribution >= 4 is 11.6 Å². The van der Waals surface area contributed by atoms with Gasteiger partial charge >= 0.3 is 0 Å². The molecule has 1 fully saturated rings. The summed E-state index contributed by atoms with van der Waals surface area (Å²) in [7, 11) is 0. The average molecular weight is 540 g/mol. The lowest BCUT2D eigenvalue weighted by molar-refractivity contribution is -0.276. The molecular weight excluding hydrogens is 516 g/mol. The lowest BCUT2D eigenvalue weighted by Crippen LogP contribution is -2.60. The number of hydrogen-bond donors (Lipinski definition) is 7. The van der Waals surface area contributed by atoms with Crippen LogP contribution in [0.15, 0.2) is 42.5 Å². The zero-order valence-electron chi connectivity index (χ0n) is 20.3. The molecule has 0 unspecified atom stereocenters. The maximum Gasteiger partial charge on any atom is 0.229 e. The van der Waals surface area contributed by atoms with Crippen LogP contribution < -0.4 is 9.47 Å². The van der Waals surface area contributed by atoms with Gasteiger partial charge in [0.25, 0.3) is 0 Å². The molecule has 1 aliphatic heterocycles. The van der Waals surface area contributed by atoms with E-state index in [1.165, 1.54) is 30.3 Å². The second-order valence-electron chi connectivity index (χ2n) is 9.30. The van der Waals surface area contributed by atoms with Gasteiger partial charge in [0.2, 0.25) is 17.8 Å². The minimum absolute atomic E-state index is 0.00714. The molecule has 1 heterocycles. The topological polar surface area (TPSA) is 203 Å². The molecule has 3 aromatic rings. The Morgan fingerprint density at radius 1 is 0.795 bits per heavy atom. The van der Waals surface area contributed by atoms with Gasteiger partial charge in [-0.1, -0.05) is 12.1 Å². The van der Waals surface area contributed by atoms with E-state index in [4.69, 9.17) is 14.2 Å². The first kappa shape index (κ1) is 26.3. The SMILES string of the molecule is Cc1cc(O)c2c(c1)C(=O)c1cccc(O[C@H]3O[C@H](COc4cc(O)c(O)c(O)c4)[C@@H](O)[C@H](O)[C@H]3O)c1C2=O. The third kappa shape index (κ3) is 4.49. The van der Waals surface area contributed by atoms with E-state index in [9.17, 15) is 45.3 Å². The van der Waals surface area contributed by atoms with Crippen molar-refractivity contribution in [3.63, 3.8) is 0 Å². The predicted molar refractivity (Wildman–Crippen MR) is 130 cm³/mol. The molecular formula is C27H24O12. The van der Waals surface area contributed by atoms with Crippen molar-refractivity contribution in [1.82, 2.24) is 0 Å². The quantitative estimate of drug-likeness (QED) is 0.176. The molecule has 0 spiro atoms. The van der Waals surface area contributed by atoms with Crippen LogP contribution in [0.4, 0.5) is 0 Å². The van der Waals surface area contributed by atoms with Gasteiger partial charge in [-0.25, -0.2) is 0 Å². The van der Waals surface area contributed by atoms with E-state index in [0.29, 0.717) is 5.56 Å². The highest BCUT2D eigenvalue weighted by Crippen LogP contribution is 2.40. The van der Waals surface area contributed by atoms with Crippen LogP contribution in [-0.4, -0.2) is 84.6 Å². The summed E-state index contributed by atoms with van der Waals surface area (Å²) in [5, 5.41) is 70.6. The molecule has 39 heavy (non-hydrogen) atoms. The number of benzene rings is 3. The Kier molecular flexibility index (Phi) is 6.56. The number of ketones is 2. The van der Waals surface area contributed by atoms with E-state index < -0.39 is 66.1 Å². The fourth-order valence-corrected chi connectivity index (χ4v) is 4.63. The summed E-state index contributed by atoms with van der Waals surface area (Å²) >= 11 is 0. The van der Waals surface area contributed by atoms with Crippen molar-refractivity contribution in [2.24, 2.45) is 0 Å². The Bertz CT molecular complexity index is 1460. The number of carbonyl (C=O) groups excluding carboxylic acids is 2. The zero-order chi connectivity index (χ0) is 28.2. The second kappa shape index (κ2) is 9.75. The number of ether oxygens (including phenoxy) is 3. The number of aromatic hydroxyl groups is 4. The second-order valence-corrected chi connectivity index (χ2v) is 9.30. The molecule has 2 aliphatic rings. The van der Waals surface area contributed by atoms with Gasteiger partial charge in [-0.05, 0) is 30.7 Å². The number of aliphatic hydroxyl groups is 3. The molecule has 12 heteroatoms. The van der Waals surface area contributed by atoms with Crippen LogP contribution in [0.1, 0.15) is 37.4 Å². The molecule has 7 N–H and O–H groups in total. The third-order valence-corrected chi connectivity index (χ3v) is 6.60. The molecule has 0 aromatic heterocycles. The van der Waals surface area contributed by atoms with Gasteiger partial charge in [-0.15, -0.1) is 0 Å². The molecule has 0 radical (unpaired) electrons. The summed E-state index contributed by atoms with van der Waals surface area (Å²) in [5.74, 6) is -3.94. The summed E-state index contributed by atoms with van der Waals surface area (Å²) in [5.41, 5.74) is 0.265. The largest absolute Gasteiger partial charge is 0.507 e. The molecule has 1 aliphatic carbocycles. The lowest BCUT2D eigenvalue weighted by atomic mass is 9.82. The molecule has 204 valence electrons. The number of fused-ring (bicyclic) bond motifs is 2. The summed E-state index contributed by atoms with van der Waals surface area (Å²) in [6, 6.07) is 9.05. The van der Waals surface area contributed by atoms with Crippen molar-refractivity contribution in [2.75, 3.05) is 6.61 Å². The molecule has 0 saturated carbocycles. The van der Waals surface area contributed by atoms with Crippen molar-refractivity contribution < 1.29 is 59.5 Å². The number of phenols is 4. The van der Waals surface area contributed by atoms with E-state index >= 15 is 0 Å². The normalized spacial score (nSPS) is 24.2. The molecule has 5 atom stereocenters. The lowest BCUT2D eigenvalue weighted by Gasteiger charge is -2.40. The Balaban J connectivity index is 1.41. The molecule has 1 saturated heterocycles. The van der Waals surface area contributed by atoms with Crippen LogP contribution in [0.25, 0.3) is 0 Å². The molecule has 0 bridgehead atoms. The average Bonchev–Trinajstić information content (AvgIpc) is 2.89. The van der Waals surface area contributed by atoms with Gasteiger partial charge in [0.15, 0.2) is 17.3 Å². The van der Waals surface area contributed by atoms with Crippen molar-refractivity contribution in [3.05, 3.63) is 70.3 Å². The molecule has 3 aromatic carbocycles. The molecule has 5 rings (SSSR count). The smallest absolute Gasteiger partial charge is 0.229 e. The van der Waals surface area contributed by atoms with Gasteiger partial charge in [0.1, 0.15) is 48.3 Å². The number of rotatable bonds is 5. The number of phenolic OH excluding ortho intramolecular Hbond substituents is 4. The Morgan fingerprint density at radius 2 is 1.49 bits per heavy atom. The van der Waals surface area contributed by atoms with Crippen LogP contribution in [0.5, 0.6) is 34.5 Å². The summed E-state index contributed by atoms with van der Waals surface area (Å²) in [6.45, 7) is 1.21.